The number of halogens is 1. The maximum Gasteiger partial charge on any atom is 0.126 e. The van der Waals surface area contributed by atoms with Gasteiger partial charge in [0.05, 0.1) is 6.61 Å². The van der Waals surface area contributed by atoms with E-state index in [1.54, 1.807) is 0 Å². The zero-order valence-corrected chi connectivity index (χ0v) is 10.2. The van der Waals surface area contributed by atoms with Crippen LogP contribution in [0.15, 0.2) is 16.6 Å². The van der Waals surface area contributed by atoms with E-state index in [1.165, 1.54) is 0 Å². The molecule has 0 aliphatic rings. The number of nitrogens with two attached hydrogens (primary N) is 1. The molecule has 0 saturated carbocycles. The van der Waals surface area contributed by atoms with Crippen LogP contribution in [-0.4, -0.2) is 6.61 Å². The van der Waals surface area contributed by atoms with Crippen molar-refractivity contribution < 1.29 is 4.74 Å². The van der Waals surface area contributed by atoms with E-state index < -0.39 is 0 Å². The Kier molecular flexibility index (Phi) is 4.42. The first-order valence-electron chi connectivity index (χ1n) is 4.81. The molecular formula is C11H16BrNO. The van der Waals surface area contributed by atoms with Crippen molar-refractivity contribution in [2.24, 2.45) is 5.73 Å². The highest BCUT2D eigenvalue weighted by molar-refractivity contribution is 9.10. The summed E-state index contributed by atoms with van der Waals surface area (Å²) in [5.74, 6) is 0.942. The summed E-state index contributed by atoms with van der Waals surface area (Å²) in [5, 5.41) is 0. The molecule has 2 N–H and O–H groups in total. The minimum atomic E-state index is 0.513. The highest BCUT2D eigenvalue weighted by Gasteiger charge is 2.07. The number of rotatable bonds is 4. The Balaban J connectivity index is 2.99. The molecule has 14 heavy (non-hydrogen) atoms. The van der Waals surface area contributed by atoms with Crippen LogP contribution in [0.25, 0.3) is 0 Å². The molecule has 1 aromatic rings. The van der Waals surface area contributed by atoms with Crippen LogP contribution in [0.2, 0.25) is 0 Å². The van der Waals surface area contributed by atoms with E-state index in [2.05, 4.69) is 22.9 Å². The zero-order chi connectivity index (χ0) is 10.6. The van der Waals surface area contributed by atoms with Crippen molar-refractivity contribution in [3.05, 3.63) is 27.7 Å². The van der Waals surface area contributed by atoms with Crippen LogP contribution >= 0.6 is 15.9 Å². The normalized spacial score (nSPS) is 10.3. The van der Waals surface area contributed by atoms with Gasteiger partial charge in [-0.3, -0.25) is 0 Å². The minimum absolute atomic E-state index is 0.513. The molecule has 1 aromatic carbocycles. The Hall–Kier alpha value is -0.540. The summed E-state index contributed by atoms with van der Waals surface area (Å²) in [6.07, 6.45) is 1.01. The van der Waals surface area contributed by atoms with Crippen molar-refractivity contribution in [1.82, 2.24) is 0 Å². The zero-order valence-electron chi connectivity index (χ0n) is 8.64. The maximum absolute atomic E-state index is 5.66. The van der Waals surface area contributed by atoms with Gasteiger partial charge in [-0.25, -0.2) is 0 Å². The van der Waals surface area contributed by atoms with E-state index in [-0.39, 0.29) is 0 Å². The molecule has 3 heteroatoms. The molecule has 0 heterocycles. The second-order valence-corrected chi connectivity index (χ2v) is 4.18. The van der Waals surface area contributed by atoms with E-state index in [4.69, 9.17) is 10.5 Å². The van der Waals surface area contributed by atoms with Crippen molar-refractivity contribution in [2.75, 3.05) is 6.61 Å². The molecule has 0 aromatic heterocycles. The summed E-state index contributed by atoms with van der Waals surface area (Å²) in [6.45, 7) is 5.39. The quantitative estimate of drug-likeness (QED) is 0.900. The molecule has 0 aliphatic heterocycles. The molecule has 2 nitrogen and oxygen atoms in total. The van der Waals surface area contributed by atoms with Gasteiger partial charge >= 0.3 is 0 Å². The van der Waals surface area contributed by atoms with E-state index in [0.717, 1.165) is 34.4 Å². The van der Waals surface area contributed by atoms with Gasteiger partial charge < -0.3 is 10.5 Å². The van der Waals surface area contributed by atoms with Gasteiger partial charge in [0.1, 0.15) is 5.75 Å². The fourth-order valence-electron chi connectivity index (χ4n) is 1.36. The fraction of sp³-hybridized carbons (Fsp3) is 0.455. The van der Waals surface area contributed by atoms with Crippen molar-refractivity contribution in [3.8, 4) is 5.75 Å². The number of aryl methyl sites for hydroxylation is 1. The summed E-state index contributed by atoms with van der Waals surface area (Å²) < 4.78 is 6.72. The van der Waals surface area contributed by atoms with Gasteiger partial charge in [-0.15, -0.1) is 0 Å². The topological polar surface area (TPSA) is 35.2 Å². The number of hydrogen-bond donors (Lipinski definition) is 1. The van der Waals surface area contributed by atoms with Gasteiger partial charge in [0.15, 0.2) is 0 Å². The SMILES string of the molecule is CCCOc1c(C)cc(Br)cc1CN. The van der Waals surface area contributed by atoms with E-state index in [0.29, 0.717) is 6.54 Å². The van der Waals surface area contributed by atoms with Crippen LogP contribution in [0.1, 0.15) is 24.5 Å². The Morgan fingerprint density at radius 3 is 2.71 bits per heavy atom. The lowest BCUT2D eigenvalue weighted by molar-refractivity contribution is 0.312. The summed E-state index contributed by atoms with van der Waals surface area (Å²) in [7, 11) is 0. The van der Waals surface area contributed by atoms with Crippen LogP contribution in [-0.2, 0) is 6.54 Å². The molecule has 1 rings (SSSR count). The van der Waals surface area contributed by atoms with Crippen molar-refractivity contribution in [2.45, 2.75) is 26.8 Å². The van der Waals surface area contributed by atoms with Gasteiger partial charge in [-0.2, -0.15) is 0 Å². The molecule has 0 aliphatic carbocycles. The first kappa shape index (κ1) is 11.5. The average molecular weight is 258 g/mol. The Morgan fingerprint density at radius 1 is 1.43 bits per heavy atom. The third kappa shape index (κ3) is 2.72. The molecule has 0 atom stereocenters. The molecule has 78 valence electrons. The predicted octanol–water partition coefficient (Wildman–Crippen LogP) is 3.01. The number of ether oxygens (including phenoxy) is 1. The third-order valence-electron chi connectivity index (χ3n) is 1.99. The minimum Gasteiger partial charge on any atom is -0.493 e. The summed E-state index contributed by atoms with van der Waals surface area (Å²) >= 11 is 3.44. The summed E-state index contributed by atoms with van der Waals surface area (Å²) in [6, 6.07) is 4.06. The highest BCUT2D eigenvalue weighted by Crippen LogP contribution is 2.27. The Labute approximate surface area is 93.6 Å². The van der Waals surface area contributed by atoms with E-state index in [9.17, 15) is 0 Å². The highest BCUT2D eigenvalue weighted by atomic mass is 79.9. The van der Waals surface area contributed by atoms with Crippen LogP contribution in [0, 0.1) is 6.92 Å². The second-order valence-electron chi connectivity index (χ2n) is 3.26. The molecule has 0 radical (unpaired) electrons. The predicted molar refractivity (Wildman–Crippen MR) is 62.6 cm³/mol. The monoisotopic (exact) mass is 257 g/mol. The lowest BCUT2D eigenvalue weighted by atomic mass is 10.1. The smallest absolute Gasteiger partial charge is 0.126 e. The van der Waals surface area contributed by atoms with Gasteiger partial charge in [0.25, 0.3) is 0 Å². The third-order valence-corrected chi connectivity index (χ3v) is 2.44. The van der Waals surface area contributed by atoms with Gasteiger partial charge in [0.2, 0.25) is 0 Å². The Morgan fingerprint density at radius 2 is 2.14 bits per heavy atom. The maximum atomic E-state index is 5.66. The number of hydrogen-bond acceptors (Lipinski definition) is 2. The standard InChI is InChI=1S/C11H16BrNO/c1-3-4-14-11-8(2)5-10(12)6-9(11)7-13/h5-6H,3-4,7,13H2,1-2H3. The van der Waals surface area contributed by atoms with Crippen LogP contribution in [0.5, 0.6) is 5.75 Å². The van der Waals surface area contributed by atoms with Crippen LogP contribution < -0.4 is 10.5 Å². The molecule has 0 unspecified atom stereocenters. The fourth-order valence-corrected chi connectivity index (χ4v) is 1.98. The average Bonchev–Trinajstić information content (AvgIpc) is 2.15. The van der Waals surface area contributed by atoms with Gasteiger partial charge in [0, 0.05) is 16.6 Å². The van der Waals surface area contributed by atoms with E-state index in [1.807, 2.05) is 19.1 Å². The van der Waals surface area contributed by atoms with Gasteiger partial charge in [-0.1, -0.05) is 22.9 Å². The summed E-state index contributed by atoms with van der Waals surface area (Å²) in [4.78, 5) is 0. The van der Waals surface area contributed by atoms with Crippen LogP contribution in [0.3, 0.4) is 0 Å². The Bertz CT molecular complexity index is 312. The summed E-state index contributed by atoms with van der Waals surface area (Å²) in [5.41, 5.74) is 7.85. The molecular weight excluding hydrogens is 242 g/mol. The first-order valence-corrected chi connectivity index (χ1v) is 5.60. The largest absolute Gasteiger partial charge is 0.493 e. The van der Waals surface area contributed by atoms with Crippen molar-refractivity contribution >= 4 is 15.9 Å². The second kappa shape index (κ2) is 5.37. The van der Waals surface area contributed by atoms with Crippen molar-refractivity contribution in [3.63, 3.8) is 0 Å². The van der Waals surface area contributed by atoms with E-state index >= 15 is 0 Å². The lowest BCUT2D eigenvalue weighted by Gasteiger charge is -2.13. The molecule has 0 saturated heterocycles. The number of benzene rings is 1. The molecule has 0 spiro atoms. The van der Waals surface area contributed by atoms with Crippen LogP contribution in [0.4, 0.5) is 0 Å². The molecule has 0 fully saturated rings. The van der Waals surface area contributed by atoms with Gasteiger partial charge in [-0.05, 0) is 31.0 Å². The lowest BCUT2D eigenvalue weighted by Crippen LogP contribution is -2.04. The van der Waals surface area contributed by atoms with Crippen molar-refractivity contribution in [1.29, 1.82) is 0 Å². The molecule has 0 amide bonds. The first-order chi connectivity index (χ1) is 6.69. The molecule has 0 bridgehead atoms.